The van der Waals surface area contributed by atoms with Crippen molar-refractivity contribution in [2.24, 2.45) is 16.6 Å². The van der Waals surface area contributed by atoms with E-state index in [1.807, 2.05) is 18.3 Å². The largest absolute Gasteiger partial charge is 0.490 e. The number of ether oxygens (including phenoxy) is 2. The number of nitrogens with zero attached hydrogens (tertiary/aromatic N) is 3. The van der Waals surface area contributed by atoms with E-state index in [4.69, 9.17) is 31.8 Å². The minimum Gasteiger partial charge on any atom is -0.490 e. The Morgan fingerprint density at radius 1 is 1.17 bits per heavy atom. The van der Waals surface area contributed by atoms with Crippen LogP contribution in [0.1, 0.15) is 24.8 Å². The maximum atomic E-state index is 6.47. The molecule has 3 heterocycles. The van der Waals surface area contributed by atoms with Crippen LogP contribution in [0.3, 0.4) is 0 Å². The maximum absolute atomic E-state index is 6.47. The van der Waals surface area contributed by atoms with Gasteiger partial charge in [0.2, 0.25) is 0 Å². The summed E-state index contributed by atoms with van der Waals surface area (Å²) >= 11 is 6.16. The third-order valence-corrected chi connectivity index (χ3v) is 6.82. The van der Waals surface area contributed by atoms with Crippen LogP contribution in [0.4, 0.5) is 0 Å². The Morgan fingerprint density at radius 2 is 2.03 bits per heavy atom. The van der Waals surface area contributed by atoms with E-state index in [1.165, 1.54) is 0 Å². The molecule has 3 aliphatic rings. The Morgan fingerprint density at radius 3 is 2.76 bits per heavy atom. The van der Waals surface area contributed by atoms with Crippen molar-refractivity contribution in [3.63, 3.8) is 0 Å². The van der Waals surface area contributed by atoms with Crippen LogP contribution >= 0.6 is 11.6 Å². The van der Waals surface area contributed by atoms with Gasteiger partial charge in [0, 0.05) is 35.5 Å². The molecule has 2 aliphatic heterocycles. The van der Waals surface area contributed by atoms with Crippen molar-refractivity contribution in [1.29, 1.82) is 0 Å². The number of aliphatic imine (C=N–C) groups is 1. The van der Waals surface area contributed by atoms with Gasteiger partial charge in [0.05, 0.1) is 5.02 Å². The molecule has 29 heavy (non-hydrogen) atoms. The van der Waals surface area contributed by atoms with Gasteiger partial charge in [-0.1, -0.05) is 17.7 Å². The van der Waals surface area contributed by atoms with Crippen LogP contribution in [0, 0.1) is 5.92 Å². The summed E-state index contributed by atoms with van der Waals surface area (Å²) in [6, 6.07) is 8.90. The summed E-state index contributed by atoms with van der Waals surface area (Å²) in [6.45, 7) is 0.452. The molecule has 1 spiro atoms. The van der Waals surface area contributed by atoms with Crippen LogP contribution < -0.4 is 10.5 Å². The monoisotopic (exact) mass is 412 g/mol. The molecular formula is C22H25ClN4O2. The summed E-state index contributed by atoms with van der Waals surface area (Å²) in [5.41, 5.74) is 8.54. The number of pyridine rings is 1. The van der Waals surface area contributed by atoms with Gasteiger partial charge in [0.15, 0.2) is 0 Å². The van der Waals surface area contributed by atoms with E-state index in [0.717, 1.165) is 41.7 Å². The molecule has 2 N–H and O–H groups in total. The SMILES string of the molecule is CN(C)[C@@H]1CC[C@@H]2Oc3ccc(-c4cncc(Cl)c4)cc3C3(COC(N)=N3)[C@H]2C1. The van der Waals surface area contributed by atoms with Crippen LogP contribution in [0.25, 0.3) is 11.1 Å². The zero-order valence-corrected chi connectivity index (χ0v) is 17.4. The second-order valence-electron chi connectivity index (χ2n) is 8.46. The fourth-order valence-corrected chi connectivity index (χ4v) is 5.26. The Kier molecular flexibility index (Phi) is 4.44. The molecule has 0 saturated heterocycles. The van der Waals surface area contributed by atoms with Gasteiger partial charge in [0.25, 0.3) is 6.02 Å². The molecule has 1 unspecified atom stereocenters. The molecule has 6 nitrogen and oxygen atoms in total. The number of benzene rings is 1. The molecule has 4 atom stereocenters. The minimum atomic E-state index is -0.515. The topological polar surface area (TPSA) is 73.0 Å². The fraction of sp³-hybridized carbons (Fsp3) is 0.455. The lowest BCUT2D eigenvalue weighted by molar-refractivity contribution is -0.0155. The number of hydrogen-bond donors (Lipinski definition) is 1. The Hall–Kier alpha value is -2.31. The molecule has 0 amide bonds. The summed E-state index contributed by atoms with van der Waals surface area (Å²) in [6.07, 6.45) is 6.70. The zero-order valence-electron chi connectivity index (χ0n) is 16.6. The second kappa shape index (κ2) is 6.89. The van der Waals surface area contributed by atoms with Crippen LogP contribution in [-0.2, 0) is 10.3 Å². The van der Waals surface area contributed by atoms with Gasteiger partial charge in [-0.15, -0.1) is 0 Å². The fourth-order valence-electron chi connectivity index (χ4n) is 5.09. The summed E-state index contributed by atoms with van der Waals surface area (Å²) in [5.74, 6) is 1.08. The number of halogens is 1. The van der Waals surface area contributed by atoms with Gasteiger partial charge < -0.3 is 20.1 Å². The Labute approximate surface area is 175 Å². The van der Waals surface area contributed by atoms with Gasteiger partial charge in [-0.05, 0) is 57.1 Å². The molecule has 152 valence electrons. The van der Waals surface area contributed by atoms with Crippen LogP contribution in [-0.4, -0.2) is 48.8 Å². The van der Waals surface area contributed by atoms with E-state index in [1.54, 1.807) is 6.20 Å². The first-order chi connectivity index (χ1) is 14.0. The van der Waals surface area contributed by atoms with Gasteiger partial charge in [-0.25, -0.2) is 4.99 Å². The number of rotatable bonds is 2. The number of aromatic nitrogens is 1. The predicted molar refractivity (Wildman–Crippen MR) is 113 cm³/mol. The lowest BCUT2D eigenvalue weighted by Crippen LogP contribution is -2.53. The van der Waals surface area contributed by atoms with Crippen LogP contribution in [0.2, 0.25) is 5.02 Å². The highest BCUT2D eigenvalue weighted by Crippen LogP contribution is 2.53. The lowest BCUT2D eigenvalue weighted by Gasteiger charge is -2.49. The summed E-state index contributed by atoms with van der Waals surface area (Å²) in [4.78, 5) is 11.4. The smallest absolute Gasteiger partial charge is 0.283 e. The first kappa shape index (κ1) is 18.7. The number of amidine groups is 1. The van der Waals surface area contributed by atoms with Gasteiger partial charge >= 0.3 is 0 Å². The predicted octanol–water partition coefficient (Wildman–Crippen LogP) is 3.43. The van der Waals surface area contributed by atoms with E-state index >= 15 is 0 Å². The second-order valence-corrected chi connectivity index (χ2v) is 8.90. The van der Waals surface area contributed by atoms with Gasteiger partial charge in [-0.3, -0.25) is 4.98 Å². The number of fused-ring (bicyclic) bond motifs is 4. The molecule has 1 fully saturated rings. The number of nitrogens with two attached hydrogens (primary N) is 1. The highest BCUT2D eigenvalue weighted by atomic mass is 35.5. The van der Waals surface area contributed by atoms with Crippen molar-refractivity contribution >= 4 is 17.6 Å². The molecule has 7 heteroatoms. The molecule has 1 aromatic carbocycles. The summed E-state index contributed by atoms with van der Waals surface area (Å²) in [5, 5.41) is 0.610. The normalized spacial score (nSPS) is 30.3. The van der Waals surface area contributed by atoms with Crippen LogP contribution in [0.15, 0.2) is 41.7 Å². The third kappa shape index (κ3) is 3.06. The average molecular weight is 413 g/mol. The number of hydrogen-bond acceptors (Lipinski definition) is 6. The first-order valence-corrected chi connectivity index (χ1v) is 10.4. The van der Waals surface area contributed by atoms with Crippen molar-refractivity contribution in [2.45, 2.75) is 36.9 Å². The Balaban J connectivity index is 1.63. The summed E-state index contributed by atoms with van der Waals surface area (Å²) < 4.78 is 12.2. The molecule has 5 rings (SSSR count). The van der Waals surface area contributed by atoms with Crippen molar-refractivity contribution < 1.29 is 9.47 Å². The highest BCUT2D eigenvalue weighted by Gasteiger charge is 2.55. The molecule has 1 saturated carbocycles. The standard InChI is InChI=1S/C22H25ClN4O2/c1-27(2)16-4-6-20-18(9-16)22(12-28-21(24)26-22)17-8-13(3-5-19(17)29-20)14-7-15(23)11-25-10-14/h3,5,7-8,10-11,16,18,20H,4,6,9,12H2,1-2H3,(H2,24,26)/t16-,18+,20+,22?/m1/s1. The quantitative estimate of drug-likeness (QED) is 0.818. The minimum absolute atomic E-state index is 0.121. The van der Waals surface area contributed by atoms with E-state index < -0.39 is 5.54 Å². The van der Waals surface area contributed by atoms with Gasteiger partial charge in [-0.2, -0.15) is 0 Å². The molecule has 1 aliphatic carbocycles. The molecular weight excluding hydrogens is 388 g/mol. The molecule has 1 aromatic heterocycles. The molecule has 0 bridgehead atoms. The zero-order chi connectivity index (χ0) is 20.2. The average Bonchev–Trinajstić information content (AvgIpc) is 3.10. The third-order valence-electron chi connectivity index (χ3n) is 6.62. The first-order valence-electron chi connectivity index (χ1n) is 10.0. The Bertz CT molecular complexity index is 979. The van der Waals surface area contributed by atoms with Crippen molar-refractivity contribution in [2.75, 3.05) is 20.7 Å². The van der Waals surface area contributed by atoms with Crippen LogP contribution in [0.5, 0.6) is 5.75 Å². The van der Waals surface area contributed by atoms with E-state index in [-0.39, 0.29) is 18.0 Å². The van der Waals surface area contributed by atoms with E-state index in [9.17, 15) is 0 Å². The molecule has 2 aromatic rings. The summed E-state index contributed by atoms with van der Waals surface area (Å²) in [7, 11) is 4.28. The van der Waals surface area contributed by atoms with Crippen molar-refractivity contribution in [3.05, 3.63) is 47.2 Å². The maximum Gasteiger partial charge on any atom is 0.283 e. The van der Waals surface area contributed by atoms with E-state index in [2.05, 4.69) is 36.1 Å². The lowest BCUT2D eigenvalue weighted by atomic mass is 9.67. The van der Waals surface area contributed by atoms with Crippen molar-refractivity contribution in [1.82, 2.24) is 9.88 Å². The van der Waals surface area contributed by atoms with E-state index in [0.29, 0.717) is 17.7 Å². The van der Waals surface area contributed by atoms with Gasteiger partial charge in [0.1, 0.15) is 24.0 Å². The molecule has 0 radical (unpaired) electrons. The highest BCUT2D eigenvalue weighted by molar-refractivity contribution is 6.30. The van der Waals surface area contributed by atoms with Crippen molar-refractivity contribution in [3.8, 4) is 16.9 Å².